The van der Waals surface area contributed by atoms with Crippen molar-refractivity contribution in [1.29, 1.82) is 0 Å². The lowest BCUT2D eigenvalue weighted by Gasteiger charge is -2.20. The molecule has 1 aliphatic rings. The predicted octanol–water partition coefficient (Wildman–Crippen LogP) is 1.20. The van der Waals surface area contributed by atoms with E-state index in [1.807, 2.05) is 4.72 Å². The summed E-state index contributed by atoms with van der Waals surface area (Å²) >= 11 is 0. The zero-order chi connectivity index (χ0) is 19.9. The molecule has 0 amide bonds. The Morgan fingerprint density at radius 1 is 1.38 bits per heavy atom. The average molecular weight is 397 g/mol. The van der Waals surface area contributed by atoms with E-state index in [0.717, 1.165) is 30.1 Å². The number of benzene rings is 1. The minimum atomic E-state index is -4.79. The number of sulfonamides is 1. The summed E-state index contributed by atoms with van der Waals surface area (Å²) in [6.45, 7) is -1.36. The lowest BCUT2D eigenvalue weighted by Crippen LogP contribution is -2.33. The van der Waals surface area contributed by atoms with Crippen molar-refractivity contribution >= 4 is 27.4 Å². The fourth-order valence-electron chi connectivity index (χ4n) is 2.78. The van der Waals surface area contributed by atoms with Crippen molar-refractivity contribution < 1.29 is 36.4 Å². The Kier molecular flexibility index (Phi) is 5.14. The molecule has 0 radical (unpaired) electrons. The van der Waals surface area contributed by atoms with E-state index in [1.165, 1.54) is 0 Å². The van der Waals surface area contributed by atoms with Crippen molar-refractivity contribution in [3.8, 4) is 0 Å². The second kappa shape index (κ2) is 6.72. The average Bonchev–Trinajstić information content (AvgIpc) is 3.00. The number of nitrogens with one attached hydrogen (secondary N) is 1. The zero-order valence-corrected chi connectivity index (χ0v) is 14.0. The van der Waals surface area contributed by atoms with Gasteiger partial charge >= 0.3 is 12.1 Å². The Hall–Kier alpha value is -2.41. The van der Waals surface area contributed by atoms with Crippen LogP contribution in [0.5, 0.6) is 0 Å². The van der Waals surface area contributed by atoms with E-state index in [0.29, 0.717) is 0 Å². The van der Waals surface area contributed by atoms with E-state index in [2.05, 4.69) is 0 Å². The van der Waals surface area contributed by atoms with Gasteiger partial charge in [0.2, 0.25) is 10.0 Å². The molecule has 0 aromatic heterocycles. The fourth-order valence-corrected chi connectivity index (χ4v) is 3.53. The molecule has 0 spiro atoms. The maximum atomic E-state index is 13.1. The molecule has 0 aliphatic carbocycles. The molecule has 1 aliphatic heterocycles. The van der Waals surface area contributed by atoms with Crippen LogP contribution < -0.4 is 9.62 Å². The molecule has 1 aromatic carbocycles. The molecule has 0 unspecified atom stereocenters. The van der Waals surface area contributed by atoms with Gasteiger partial charge in [-0.2, -0.15) is 13.2 Å². The van der Waals surface area contributed by atoms with Crippen molar-refractivity contribution in [2.45, 2.75) is 11.1 Å². The first kappa shape index (κ1) is 19.9. The van der Waals surface area contributed by atoms with Gasteiger partial charge in [-0.1, -0.05) is 0 Å². The number of hydrogen-bond donors (Lipinski definition) is 2. The number of halogens is 3. The largest absolute Gasteiger partial charge is 0.481 e. The second-order valence-corrected chi connectivity index (χ2v) is 7.50. The molecule has 26 heavy (non-hydrogen) atoms. The minimum Gasteiger partial charge on any atom is -0.481 e. The SMILES string of the molecule is CNS(=O)(=O)c1ccc(N2C[C@@H](C(F)(F)F)[C@H](C(=O)O)C2)c([N+](=O)[O-])c1. The van der Waals surface area contributed by atoms with Gasteiger partial charge in [-0.05, 0) is 19.2 Å². The fraction of sp³-hybridized carbons (Fsp3) is 0.462. The Labute approximate surface area is 145 Å². The summed E-state index contributed by atoms with van der Waals surface area (Å²) in [5, 5.41) is 20.3. The predicted molar refractivity (Wildman–Crippen MR) is 82.2 cm³/mol. The molecule has 9 nitrogen and oxygen atoms in total. The highest BCUT2D eigenvalue weighted by Gasteiger charge is 2.53. The summed E-state index contributed by atoms with van der Waals surface area (Å²) < 4.78 is 64.7. The van der Waals surface area contributed by atoms with Crippen LogP contribution in [-0.2, 0) is 14.8 Å². The molecule has 1 heterocycles. The van der Waals surface area contributed by atoms with Crippen molar-refractivity contribution in [3.63, 3.8) is 0 Å². The molecular formula is C13H14F3N3O6S. The molecule has 0 saturated carbocycles. The van der Waals surface area contributed by atoms with Crippen LogP contribution in [0.15, 0.2) is 23.1 Å². The van der Waals surface area contributed by atoms with Crippen LogP contribution in [0.3, 0.4) is 0 Å². The summed E-state index contributed by atoms with van der Waals surface area (Å²) in [5.41, 5.74) is -1.00. The number of rotatable bonds is 5. The number of aliphatic carboxylic acids is 1. The van der Waals surface area contributed by atoms with Crippen LogP contribution in [0.2, 0.25) is 0 Å². The minimum absolute atomic E-state index is 0.275. The topological polar surface area (TPSA) is 130 Å². The normalized spacial score (nSPS) is 21.0. The lowest BCUT2D eigenvalue weighted by atomic mass is 9.96. The second-order valence-electron chi connectivity index (χ2n) is 5.61. The Morgan fingerprint density at radius 3 is 2.42 bits per heavy atom. The highest BCUT2D eigenvalue weighted by molar-refractivity contribution is 7.89. The van der Waals surface area contributed by atoms with Crippen LogP contribution >= 0.6 is 0 Å². The van der Waals surface area contributed by atoms with Gasteiger partial charge in [0.05, 0.1) is 21.7 Å². The molecule has 1 aromatic rings. The summed E-state index contributed by atoms with van der Waals surface area (Å²) in [4.78, 5) is 22.0. The summed E-state index contributed by atoms with van der Waals surface area (Å²) in [7, 11) is -2.90. The highest BCUT2D eigenvalue weighted by atomic mass is 32.2. The molecule has 2 atom stereocenters. The molecule has 1 fully saturated rings. The molecule has 2 rings (SSSR count). The standard InChI is InChI=1S/C13H14F3N3O6S/c1-17-26(24,25)7-2-3-10(11(4-7)19(22)23)18-5-8(12(20)21)9(6-18)13(14,15)16/h2-4,8-9,17H,5-6H2,1H3,(H,20,21)/t8-,9-/m1/s1. The third-order valence-corrected chi connectivity index (χ3v) is 5.53. The Balaban J connectivity index is 2.49. The third-order valence-electron chi connectivity index (χ3n) is 4.12. The van der Waals surface area contributed by atoms with Gasteiger partial charge < -0.3 is 10.0 Å². The molecule has 13 heteroatoms. The van der Waals surface area contributed by atoms with Crippen LogP contribution in [0.25, 0.3) is 0 Å². The number of carbonyl (C=O) groups is 1. The lowest BCUT2D eigenvalue weighted by molar-refractivity contribution is -0.384. The van der Waals surface area contributed by atoms with E-state index in [4.69, 9.17) is 5.11 Å². The van der Waals surface area contributed by atoms with E-state index in [9.17, 15) is 36.5 Å². The zero-order valence-electron chi connectivity index (χ0n) is 13.2. The third kappa shape index (κ3) is 3.72. The first-order valence-electron chi connectivity index (χ1n) is 7.15. The van der Waals surface area contributed by atoms with Crippen LogP contribution in [0, 0.1) is 22.0 Å². The summed E-state index contributed by atoms with van der Waals surface area (Å²) in [6, 6.07) is 2.72. The van der Waals surface area contributed by atoms with E-state index >= 15 is 0 Å². The molecule has 1 saturated heterocycles. The van der Waals surface area contributed by atoms with E-state index in [1.54, 1.807) is 0 Å². The maximum absolute atomic E-state index is 13.1. The first-order valence-corrected chi connectivity index (χ1v) is 8.63. The van der Waals surface area contributed by atoms with Gasteiger partial charge in [-0.25, -0.2) is 13.1 Å². The first-order chi connectivity index (χ1) is 11.9. The van der Waals surface area contributed by atoms with Gasteiger partial charge in [0, 0.05) is 19.2 Å². The maximum Gasteiger partial charge on any atom is 0.394 e. The highest BCUT2D eigenvalue weighted by Crippen LogP contribution is 2.42. The van der Waals surface area contributed by atoms with Gasteiger partial charge in [-0.3, -0.25) is 14.9 Å². The number of nitrogens with zero attached hydrogens (tertiary/aromatic N) is 2. The number of hydrogen-bond acceptors (Lipinski definition) is 6. The van der Waals surface area contributed by atoms with Gasteiger partial charge in [0.1, 0.15) is 5.69 Å². The van der Waals surface area contributed by atoms with Crippen molar-refractivity contribution in [2.24, 2.45) is 11.8 Å². The number of nitro benzene ring substituents is 1. The van der Waals surface area contributed by atoms with E-state index < -0.39 is 62.6 Å². The smallest absolute Gasteiger partial charge is 0.394 e. The molecule has 144 valence electrons. The van der Waals surface area contributed by atoms with Crippen molar-refractivity contribution in [3.05, 3.63) is 28.3 Å². The van der Waals surface area contributed by atoms with E-state index in [-0.39, 0.29) is 5.69 Å². The van der Waals surface area contributed by atoms with Crippen molar-refractivity contribution in [1.82, 2.24) is 4.72 Å². The monoisotopic (exact) mass is 397 g/mol. The Bertz CT molecular complexity index is 842. The molecule has 0 bridgehead atoms. The quantitative estimate of drug-likeness (QED) is 0.564. The summed E-state index contributed by atoms with van der Waals surface area (Å²) in [5.74, 6) is -5.64. The number of carboxylic acid groups (broad SMARTS) is 1. The Morgan fingerprint density at radius 2 is 2.00 bits per heavy atom. The van der Waals surface area contributed by atoms with Crippen molar-refractivity contribution in [2.75, 3.05) is 25.0 Å². The molecule has 2 N–H and O–H groups in total. The summed E-state index contributed by atoms with van der Waals surface area (Å²) in [6.07, 6.45) is -4.79. The van der Waals surface area contributed by atoms with Gasteiger partial charge in [0.25, 0.3) is 5.69 Å². The number of alkyl halides is 3. The number of carboxylic acids is 1. The van der Waals surface area contributed by atoms with Gasteiger partial charge in [-0.15, -0.1) is 0 Å². The van der Waals surface area contributed by atoms with Crippen LogP contribution in [0.4, 0.5) is 24.5 Å². The molecular weight excluding hydrogens is 383 g/mol. The number of nitro groups is 1. The van der Waals surface area contributed by atoms with Gasteiger partial charge in [0.15, 0.2) is 0 Å². The van der Waals surface area contributed by atoms with Crippen LogP contribution in [0.1, 0.15) is 0 Å². The number of anilines is 1. The van der Waals surface area contributed by atoms with Crippen LogP contribution in [-0.4, -0.2) is 50.7 Å².